The van der Waals surface area contributed by atoms with Crippen LogP contribution < -0.4 is 15.5 Å². The second-order valence-corrected chi connectivity index (χ2v) is 7.42. The van der Waals surface area contributed by atoms with Gasteiger partial charge in [-0.05, 0) is 45.2 Å². The zero-order valence-corrected chi connectivity index (χ0v) is 15.6. The zero-order valence-electron chi connectivity index (χ0n) is 14.8. The van der Waals surface area contributed by atoms with Crippen molar-refractivity contribution in [1.29, 1.82) is 0 Å². The second kappa shape index (κ2) is 7.93. The van der Waals surface area contributed by atoms with E-state index >= 15 is 0 Å². The van der Waals surface area contributed by atoms with Crippen molar-refractivity contribution in [2.24, 2.45) is 4.99 Å². The van der Waals surface area contributed by atoms with Crippen LogP contribution in [0.2, 0.25) is 0 Å². The number of hydrogen-bond acceptors (Lipinski definition) is 4. The summed E-state index contributed by atoms with van der Waals surface area (Å²) < 4.78 is 5.48. The highest BCUT2D eigenvalue weighted by atomic mass is 32.2. The minimum Gasteiger partial charge on any atom is -0.378 e. The molecule has 1 aliphatic heterocycles. The summed E-state index contributed by atoms with van der Waals surface area (Å²) in [5, 5.41) is 6.56. The third kappa shape index (κ3) is 5.32. The summed E-state index contributed by atoms with van der Waals surface area (Å²) in [6, 6.07) is 6.44. The first-order chi connectivity index (χ1) is 10.9. The van der Waals surface area contributed by atoms with Crippen LogP contribution in [-0.2, 0) is 4.74 Å². The monoisotopic (exact) mass is 336 g/mol. The molecule has 0 atom stereocenters. The number of guanidine groups is 1. The predicted octanol–water partition coefficient (Wildman–Crippen LogP) is 2.84. The van der Waals surface area contributed by atoms with E-state index in [1.54, 1.807) is 11.8 Å². The fourth-order valence-electron chi connectivity index (χ4n) is 2.40. The van der Waals surface area contributed by atoms with E-state index in [0.717, 1.165) is 38.0 Å². The van der Waals surface area contributed by atoms with Gasteiger partial charge in [0, 0.05) is 30.6 Å². The molecule has 0 unspecified atom stereocenters. The van der Waals surface area contributed by atoms with Gasteiger partial charge < -0.3 is 20.3 Å². The molecule has 1 aromatic carbocycles. The van der Waals surface area contributed by atoms with Crippen LogP contribution in [0.5, 0.6) is 0 Å². The van der Waals surface area contributed by atoms with E-state index in [1.165, 1.54) is 10.6 Å². The third-order valence-corrected chi connectivity index (χ3v) is 4.22. The number of thioether (sulfide) groups is 1. The standard InChI is InChI=1S/C17H28N4OS/c1-17(2,3)20-16(18-4)19-14-7-6-13(23-5)12-15(14)21-8-10-22-11-9-21/h6-7,12H,8-11H2,1-5H3,(H2,18,19,20). The fraction of sp³-hybridized carbons (Fsp3) is 0.588. The van der Waals surface area contributed by atoms with Crippen molar-refractivity contribution in [1.82, 2.24) is 10.6 Å². The molecule has 23 heavy (non-hydrogen) atoms. The molecule has 1 aliphatic rings. The number of anilines is 1. The lowest BCUT2D eigenvalue weighted by Crippen LogP contribution is -2.46. The molecule has 2 N–H and O–H groups in total. The number of hydrogen-bond donors (Lipinski definition) is 2. The molecule has 0 aliphatic carbocycles. The van der Waals surface area contributed by atoms with Gasteiger partial charge in [-0.2, -0.15) is 0 Å². The van der Waals surface area contributed by atoms with Crippen molar-refractivity contribution >= 4 is 29.1 Å². The summed E-state index contributed by atoms with van der Waals surface area (Å²) in [5.41, 5.74) is 2.11. The van der Waals surface area contributed by atoms with E-state index in [2.05, 4.69) is 60.8 Å². The first-order valence-corrected chi connectivity index (χ1v) is 9.21. The fourth-order valence-corrected chi connectivity index (χ4v) is 2.84. The van der Waals surface area contributed by atoms with E-state index in [4.69, 9.17) is 9.73 Å². The molecule has 6 heteroatoms. The van der Waals surface area contributed by atoms with Gasteiger partial charge in [0.1, 0.15) is 0 Å². The molecular weight excluding hydrogens is 308 g/mol. The Kier molecular flexibility index (Phi) is 6.18. The van der Waals surface area contributed by atoms with Crippen LogP contribution in [0, 0.1) is 0 Å². The van der Waals surface area contributed by atoms with Crippen molar-refractivity contribution < 1.29 is 4.74 Å². The number of nitrogens with zero attached hydrogens (tertiary/aromatic N) is 2. The van der Waals surface area contributed by atoms with Crippen LogP contribution in [0.15, 0.2) is 28.1 Å². The Morgan fingerprint density at radius 1 is 1.26 bits per heavy atom. The molecule has 0 amide bonds. The molecule has 1 fully saturated rings. The van der Waals surface area contributed by atoms with Gasteiger partial charge >= 0.3 is 0 Å². The number of rotatable bonds is 3. The molecule has 0 radical (unpaired) electrons. The summed E-state index contributed by atoms with van der Waals surface area (Å²) >= 11 is 1.75. The molecule has 0 aromatic heterocycles. The van der Waals surface area contributed by atoms with Crippen LogP contribution in [0.4, 0.5) is 11.4 Å². The Morgan fingerprint density at radius 3 is 2.52 bits per heavy atom. The van der Waals surface area contributed by atoms with Gasteiger partial charge in [-0.25, -0.2) is 4.99 Å². The van der Waals surface area contributed by atoms with E-state index in [-0.39, 0.29) is 5.54 Å². The average Bonchev–Trinajstić information content (AvgIpc) is 2.54. The smallest absolute Gasteiger partial charge is 0.196 e. The number of nitrogens with one attached hydrogen (secondary N) is 2. The molecule has 1 saturated heterocycles. The van der Waals surface area contributed by atoms with Crippen molar-refractivity contribution in [3.63, 3.8) is 0 Å². The maximum Gasteiger partial charge on any atom is 0.196 e. The van der Waals surface area contributed by atoms with Gasteiger partial charge in [0.2, 0.25) is 0 Å². The summed E-state index contributed by atoms with van der Waals surface area (Å²) in [6.45, 7) is 9.72. The summed E-state index contributed by atoms with van der Waals surface area (Å²) in [7, 11) is 1.89. The first-order valence-electron chi connectivity index (χ1n) is 7.98. The van der Waals surface area contributed by atoms with Crippen LogP contribution >= 0.6 is 11.8 Å². The molecule has 0 saturated carbocycles. The Morgan fingerprint density at radius 2 is 1.96 bits per heavy atom. The molecule has 128 valence electrons. The molecule has 0 spiro atoms. The molecule has 0 bridgehead atoms. The summed E-state index contributed by atoms with van der Waals surface area (Å²) in [4.78, 5) is 8.42. The minimum atomic E-state index is -0.0415. The largest absolute Gasteiger partial charge is 0.378 e. The highest BCUT2D eigenvalue weighted by molar-refractivity contribution is 7.98. The van der Waals surface area contributed by atoms with Gasteiger partial charge in [-0.3, -0.25) is 0 Å². The average molecular weight is 337 g/mol. The molecular formula is C17H28N4OS. The normalized spacial score (nSPS) is 16.4. The van der Waals surface area contributed by atoms with E-state index in [1.807, 2.05) is 7.05 Å². The first kappa shape index (κ1) is 17.9. The van der Waals surface area contributed by atoms with E-state index in [0.29, 0.717) is 0 Å². The molecule has 5 nitrogen and oxygen atoms in total. The maximum absolute atomic E-state index is 5.48. The Labute approximate surface area is 143 Å². The maximum atomic E-state index is 5.48. The lowest BCUT2D eigenvalue weighted by molar-refractivity contribution is 0.122. The van der Waals surface area contributed by atoms with Crippen molar-refractivity contribution in [3.05, 3.63) is 18.2 Å². The van der Waals surface area contributed by atoms with Crippen molar-refractivity contribution in [3.8, 4) is 0 Å². The second-order valence-electron chi connectivity index (χ2n) is 6.54. The van der Waals surface area contributed by atoms with Crippen molar-refractivity contribution in [2.45, 2.75) is 31.2 Å². The quantitative estimate of drug-likeness (QED) is 0.505. The lowest BCUT2D eigenvalue weighted by atomic mass is 10.1. The number of aliphatic imine (C=N–C) groups is 1. The van der Waals surface area contributed by atoms with Crippen LogP contribution in [0.25, 0.3) is 0 Å². The number of morpholine rings is 1. The Balaban J connectivity index is 2.35. The van der Waals surface area contributed by atoms with Crippen LogP contribution in [-0.4, -0.2) is 51.1 Å². The van der Waals surface area contributed by atoms with Gasteiger partial charge in [-0.15, -0.1) is 11.8 Å². The van der Waals surface area contributed by atoms with Gasteiger partial charge in [0.05, 0.1) is 24.6 Å². The van der Waals surface area contributed by atoms with E-state index < -0.39 is 0 Å². The van der Waals surface area contributed by atoms with Gasteiger partial charge in [-0.1, -0.05) is 0 Å². The highest BCUT2D eigenvalue weighted by Gasteiger charge is 2.17. The number of benzene rings is 1. The lowest BCUT2D eigenvalue weighted by Gasteiger charge is -2.30. The summed E-state index contributed by atoms with van der Waals surface area (Å²) in [6.07, 6.45) is 2.10. The summed E-state index contributed by atoms with van der Waals surface area (Å²) in [5.74, 6) is 0.781. The molecule has 2 rings (SSSR count). The topological polar surface area (TPSA) is 48.9 Å². The Hall–Kier alpha value is -1.40. The highest BCUT2D eigenvalue weighted by Crippen LogP contribution is 2.33. The SMILES string of the molecule is CN/C(=N\c1ccc(SC)cc1N1CCOCC1)NC(C)(C)C. The Bertz CT molecular complexity index is 548. The van der Waals surface area contributed by atoms with Crippen LogP contribution in [0.1, 0.15) is 20.8 Å². The van der Waals surface area contributed by atoms with Crippen molar-refractivity contribution in [2.75, 3.05) is 44.5 Å². The predicted molar refractivity (Wildman–Crippen MR) is 100 cm³/mol. The van der Waals surface area contributed by atoms with Gasteiger partial charge in [0.25, 0.3) is 0 Å². The van der Waals surface area contributed by atoms with E-state index in [9.17, 15) is 0 Å². The van der Waals surface area contributed by atoms with Gasteiger partial charge in [0.15, 0.2) is 5.96 Å². The van der Waals surface area contributed by atoms with Crippen LogP contribution in [0.3, 0.4) is 0 Å². The zero-order chi connectivity index (χ0) is 16.9. The molecule has 1 aromatic rings. The molecule has 1 heterocycles. The minimum absolute atomic E-state index is 0.0415. The third-order valence-electron chi connectivity index (χ3n) is 3.50. The number of ether oxygens (including phenoxy) is 1.